The Morgan fingerprint density at radius 1 is 1.02 bits per heavy atom. The molecule has 10 nitrogen and oxygen atoms in total. The number of methoxy groups -OCH3 is 1. The Bertz CT molecular complexity index is 1530. The molecule has 1 fully saturated rings. The molecule has 0 saturated carbocycles. The second kappa shape index (κ2) is 14.7. The summed E-state index contributed by atoms with van der Waals surface area (Å²) in [7, 11) is 1.63. The summed E-state index contributed by atoms with van der Waals surface area (Å²) in [5.41, 5.74) is 3.03. The zero-order chi connectivity index (χ0) is 29.1. The predicted molar refractivity (Wildman–Crippen MR) is 158 cm³/mol. The fourth-order valence-electron chi connectivity index (χ4n) is 4.34. The third-order valence-electron chi connectivity index (χ3n) is 6.46. The van der Waals surface area contributed by atoms with E-state index in [0.717, 1.165) is 12.1 Å². The molecule has 3 heterocycles. The van der Waals surface area contributed by atoms with Crippen molar-refractivity contribution in [2.24, 2.45) is 0 Å². The zero-order valence-corrected chi connectivity index (χ0v) is 23.9. The van der Waals surface area contributed by atoms with Gasteiger partial charge in [-0.2, -0.15) is 5.26 Å². The Kier molecular flexibility index (Phi) is 10.2. The largest absolute Gasteiger partial charge is 0.487 e. The van der Waals surface area contributed by atoms with Gasteiger partial charge in [-0.15, -0.1) is 0 Å². The van der Waals surface area contributed by atoms with Crippen LogP contribution in [0.2, 0.25) is 5.02 Å². The topological polar surface area (TPSA) is 117 Å². The number of nitrogens with one attached hydrogen (secondary N) is 1. The fourth-order valence-corrected chi connectivity index (χ4v) is 4.57. The fraction of sp³-hybridized carbons (Fsp3) is 0.323. The maximum absolute atomic E-state index is 9.91. The number of benzene rings is 2. The average Bonchev–Trinajstić information content (AvgIpc) is 3.52. The molecule has 1 atom stereocenters. The van der Waals surface area contributed by atoms with Crippen molar-refractivity contribution in [2.75, 3.05) is 52.1 Å². The van der Waals surface area contributed by atoms with E-state index in [1.165, 1.54) is 6.20 Å². The van der Waals surface area contributed by atoms with E-state index in [0.29, 0.717) is 96.4 Å². The van der Waals surface area contributed by atoms with Gasteiger partial charge in [0.05, 0.1) is 60.5 Å². The maximum Gasteiger partial charge on any atom is 0.163 e. The van der Waals surface area contributed by atoms with Gasteiger partial charge in [0.25, 0.3) is 0 Å². The van der Waals surface area contributed by atoms with E-state index >= 15 is 0 Å². The van der Waals surface area contributed by atoms with Crippen molar-refractivity contribution in [3.8, 4) is 23.3 Å². The second-order valence-corrected chi connectivity index (χ2v) is 9.82. The number of nitrogens with zero attached hydrogens (tertiary/aromatic N) is 3. The molecule has 218 valence electrons. The quantitative estimate of drug-likeness (QED) is 0.184. The van der Waals surface area contributed by atoms with Crippen LogP contribution in [-0.4, -0.2) is 62.8 Å². The molecule has 0 radical (unpaired) electrons. The number of anilines is 2. The van der Waals surface area contributed by atoms with Gasteiger partial charge >= 0.3 is 0 Å². The van der Waals surface area contributed by atoms with Crippen molar-refractivity contribution >= 4 is 33.9 Å². The van der Waals surface area contributed by atoms with Crippen LogP contribution in [0.5, 0.6) is 17.2 Å². The molecule has 0 spiro atoms. The molecule has 0 amide bonds. The number of hydrogen-bond donors (Lipinski definition) is 1. The summed E-state index contributed by atoms with van der Waals surface area (Å²) in [6.45, 7) is 3.10. The minimum absolute atomic E-state index is 0.0840. The van der Waals surface area contributed by atoms with Gasteiger partial charge in [-0.25, -0.2) is 0 Å². The highest BCUT2D eigenvalue weighted by Crippen LogP contribution is 2.39. The van der Waals surface area contributed by atoms with Crippen LogP contribution in [0.3, 0.4) is 0 Å². The average molecular weight is 591 g/mol. The Morgan fingerprint density at radius 3 is 2.69 bits per heavy atom. The van der Waals surface area contributed by atoms with Gasteiger partial charge in [0.15, 0.2) is 11.5 Å². The Balaban J connectivity index is 1.40. The SMILES string of the molecule is COCCOCCOc1cc2c(Nc3ccc(OCc4ccccn4)c(Cl)c3)c(C#N)cnc2cc1OC1CCOC1. The minimum Gasteiger partial charge on any atom is -0.487 e. The van der Waals surface area contributed by atoms with E-state index in [-0.39, 0.29) is 6.10 Å². The van der Waals surface area contributed by atoms with Crippen molar-refractivity contribution in [3.05, 3.63) is 77.2 Å². The second-order valence-electron chi connectivity index (χ2n) is 9.41. The van der Waals surface area contributed by atoms with Crippen LogP contribution in [-0.2, 0) is 20.8 Å². The van der Waals surface area contributed by atoms with Crippen LogP contribution >= 0.6 is 11.6 Å². The van der Waals surface area contributed by atoms with Crippen LogP contribution in [0.15, 0.2) is 60.9 Å². The van der Waals surface area contributed by atoms with Gasteiger partial charge in [0.1, 0.15) is 31.1 Å². The number of halogens is 1. The highest BCUT2D eigenvalue weighted by atomic mass is 35.5. The third-order valence-corrected chi connectivity index (χ3v) is 6.75. The van der Waals surface area contributed by atoms with Gasteiger partial charge in [-0.3, -0.25) is 9.97 Å². The van der Waals surface area contributed by atoms with Gasteiger partial charge < -0.3 is 33.7 Å². The zero-order valence-electron chi connectivity index (χ0n) is 23.2. The van der Waals surface area contributed by atoms with Gasteiger partial charge in [-0.1, -0.05) is 17.7 Å². The van der Waals surface area contributed by atoms with Crippen LogP contribution in [0, 0.1) is 11.3 Å². The Hall–Kier alpha value is -4.14. The molecule has 1 aliphatic heterocycles. The summed E-state index contributed by atoms with van der Waals surface area (Å²) < 4.78 is 34.2. The van der Waals surface area contributed by atoms with Crippen LogP contribution in [0.4, 0.5) is 11.4 Å². The highest BCUT2D eigenvalue weighted by Gasteiger charge is 2.21. The summed E-state index contributed by atoms with van der Waals surface area (Å²) in [4.78, 5) is 8.79. The summed E-state index contributed by atoms with van der Waals surface area (Å²) in [5, 5.41) is 14.4. The normalized spacial score (nSPS) is 14.5. The molecule has 4 aromatic rings. The lowest BCUT2D eigenvalue weighted by molar-refractivity contribution is 0.0534. The van der Waals surface area contributed by atoms with Crippen molar-refractivity contribution in [2.45, 2.75) is 19.1 Å². The van der Waals surface area contributed by atoms with Crippen LogP contribution < -0.4 is 19.5 Å². The van der Waals surface area contributed by atoms with Crippen LogP contribution in [0.1, 0.15) is 17.7 Å². The molecule has 1 N–H and O–H groups in total. The highest BCUT2D eigenvalue weighted by molar-refractivity contribution is 6.32. The molecule has 42 heavy (non-hydrogen) atoms. The smallest absolute Gasteiger partial charge is 0.163 e. The summed E-state index contributed by atoms with van der Waals surface area (Å²) in [5.74, 6) is 1.59. The van der Waals surface area contributed by atoms with E-state index in [1.807, 2.05) is 36.4 Å². The number of fused-ring (bicyclic) bond motifs is 1. The molecule has 2 aromatic carbocycles. The third kappa shape index (κ3) is 7.57. The van der Waals surface area contributed by atoms with Gasteiger partial charge in [0, 0.05) is 43.1 Å². The lowest BCUT2D eigenvalue weighted by atomic mass is 10.1. The molecule has 0 aliphatic carbocycles. The lowest BCUT2D eigenvalue weighted by Crippen LogP contribution is -2.17. The number of ether oxygens (including phenoxy) is 6. The van der Waals surface area contributed by atoms with Gasteiger partial charge in [0.2, 0.25) is 0 Å². The van der Waals surface area contributed by atoms with E-state index in [2.05, 4.69) is 21.4 Å². The van der Waals surface area contributed by atoms with Crippen molar-refractivity contribution in [1.29, 1.82) is 5.26 Å². The molecular weight excluding hydrogens is 560 g/mol. The first-order chi connectivity index (χ1) is 20.6. The molecule has 1 aliphatic rings. The minimum atomic E-state index is -0.0840. The van der Waals surface area contributed by atoms with Crippen molar-refractivity contribution < 1.29 is 28.4 Å². The number of nitriles is 1. The van der Waals surface area contributed by atoms with E-state index in [4.69, 9.17) is 40.0 Å². The molecular formula is C31H31ClN4O6. The first kappa shape index (κ1) is 29.4. The molecule has 11 heteroatoms. The first-order valence-electron chi connectivity index (χ1n) is 13.5. The Labute approximate surface area is 249 Å². The monoisotopic (exact) mass is 590 g/mol. The molecule has 5 rings (SSSR count). The molecule has 0 bridgehead atoms. The maximum atomic E-state index is 9.91. The van der Waals surface area contributed by atoms with Crippen molar-refractivity contribution in [3.63, 3.8) is 0 Å². The number of pyridine rings is 2. The van der Waals surface area contributed by atoms with Gasteiger partial charge in [-0.05, 0) is 36.4 Å². The molecule has 2 aromatic heterocycles. The van der Waals surface area contributed by atoms with Crippen LogP contribution in [0.25, 0.3) is 10.9 Å². The predicted octanol–water partition coefficient (Wildman–Crippen LogP) is 5.69. The molecule has 1 saturated heterocycles. The Morgan fingerprint density at radius 2 is 1.93 bits per heavy atom. The summed E-state index contributed by atoms with van der Waals surface area (Å²) in [6.07, 6.45) is 3.95. The van der Waals surface area contributed by atoms with Crippen molar-refractivity contribution in [1.82, 2.24) is 9.97 Å². The number of hydrogen-bond acceptors (Lipinski definition) is 10. The first-order valence-corrected chi connectivity index (χ1v) is 13.9. The van der Waals surface area contributed by atoms with E-state index in [1.54, 1.807) is 25.4 Å². The molecule has 1 unspecified atom stereocenters. The van der Waals surface area contributed by atoms with E-state index < -0.39 is 0 Å². The van der Waals surface area contributed by atoms with E-state index in [9.17, 15) is 5.26 Å². The lowest BCUT2D eigenvalue weighted by Gasteiger charge is -2.19. The number of rotatable bonds is 14. The number of aromatic nitrogens is 2. The summed E-state index contributed by atoms with van der Waals surface area (Å²) in [6, 6.07) is 16.9. The standard InChI is InChI=1S/C31H31ClN4O6/c1-37-10-11-38-12-13-40-29-15-25-27(16-30(29)42-24-7-9-39-20-24)35-18-21(17-33)31(25)36-22-5-6-28(26(32)14-22)41-19-23-4-2-3-8-34-23/h2-6,8,14-16,18,24H,7,9-13,19-20H2,1H3,(H,35,36). The summed E-state index contributed by atoms with van der Waals surface area (Å²) >= 11 is 6.55.